The van der Waals surface area contributed by atoms with Crippen molar-refractivity contribution in [3.05, 3.63) is 76.4 Å². The molecule has 0 bridgehead atoms. The Hall–Kier alpha value is -3.51. The second-order valence-corrected chi connectivity index (χ2v) is 6.88. The van der Waals surface area contributed by atoms with Gasteiger partial charge in [0.1, 0.15) is 12.3 Å². The van der Waals surface area contributed by atoms with E-state index in [0.29, 0.717) is 28.7 Å². The van der Waals surface area contributed by atoms with Gasteiger partial charge in [-0.25, -0.2) is 4.79 Å². The van der Waals surface area contributed by atoms with Crippen molar-refractivity contribution in [2.75, 3.05) is 7.11 Å². The maximum absolute atomic E-state index is 11.7. The Balaban J connectivity index is 1.57. The minimum absolute atomic E-state index is 0.137. The summed E-state index contributed by atoms with van der Waals surface area (Å²) in [6.45, 7) is 0.319. The smallest absolute Gasteiger partial charge is 0.326 e. The molecule has 6 nitrogen and oxygen atoms in total. The summed E-state index contributed by atoms with van der Waals surface area (Å²) in [6.07, 6.45) is 1.52. The Labute approximate surface area is 172 Å². The summed E-state index contributed by atoms with van der Waals surface area (Å²) in [4.78, 5) is 22.9. The third kappa shape index (κ3) is 4.02. The van der Waals surface area contributed by atoms with E-state index in [1.165, 1.54) is 13.2 Å². The molecule has 1 aliphatic heterocycles. The van der Waals surface area contributed by atoms with Crippen molar-refractivity contribution >= 4 is 40.4 Å². The Morgan fingerprint density at radius 3 is 2.52 bits per heavy atom. The molecule has 1 saturated heterocycles. The molecule has 4 rings (SSSR count). The Bertz CT molecular complexity index is 1160. The maximum atomic E-state index is 11.7. The number of fused-ring (bicyclic) bond motifs is 1. The monoisotopic (exact) mass is 408 g/mol. The third-order valence-electron chi connectivity index (χ3n) is 4.48. The highest BCUT2D eigenvalue weighted by atomic mass is 35.5. The fourth-order valence-electron chi connectivity index (χ4n) is 3.10. The predicted molar refractivity (Wildman–Crippen MR) is 111 cm³/mol. The van der Waals surface area contributed by atoms with Crippen LogP contribution in [0.4, 0.5) is 4.79 Å². The van der Waals surface area contributed by atoms with E-state index in [1.54, 1.807) is 12.1 Å². The average molecular weight is 409 g/mol. The molecule has 1 heterocycles. The lowest BCUT2D eigenvalue weighted by atomic mass is 10.1. The van der Waals surface area contributed by atoms with Gasteiger partial charge in [0.05, 0.1) is 12.1 Å². The highest BCUT2D eigenvalue weighted by Gasteiger charge is 2.23. The van der Waals surface area contributed by atoms with Crippen LogP contribution in [-0.2, 0) is 11.4 Å². The summed E-state index contributed by atoms with van der Waals surface area (Å²) in [5.41, 5.74) is 1.73. The first-order valence-electron chi connectivity index (χ1n) is 8.85. The molecule has 0 spiro atoms. The zero-order valence-electron chi connectivity index (χ0n) is 15.5. The summed E-state index contributed by atoms with van der Waals surface area (Å²) in [5.74, 6) is 0.334. The minimum atomic E-state index is -0.561. The molecule has 0 radical (unpaired) electrons. The Morgan fingerprint density at radius 1 is 1.00 bits per heavy atom. The van der Waals surface area contributed by atoms with E-state index in [1.807, 2.05) is 30.3 Å². The Morgan fingerprint density at radius 2 is 1.79 bits per heavy atom. The van der Waals surface area contributed by atoms with Crippen LogP contribution in [0.1, 0.15) is 11.1 Å². The van der Waals surface area contributed by atoms with Crippen molar-refractivity contribution < 1.29 is 19.1 Å². The van der Waals surface area contributed by atoms with Gasteiger partial charge in [0, 0.05) is 0 Å². The number of benzene rings is 3. The van der Waals surface area contributed by atoms with Crippen LogP contribution in [0.3, 0.4) is 0 Å². The van der Waals surface area contributed by atoms with Crippen molar-refractivity contribution in [3.63, 3.8) is 0 Å². The number of amides is 3. The predicted octanol–water partition coefficient (Wildman–Crippen LogP) is 4.26. The molecular formula is C22H17ClN2O4. The fourth-order valence-corrected chi connectivity index (χ4v) is 3.37. The average Bonchev–Trinajstić information content (AvgIpc) is 3.03. The van der Waals surface area contributed by atoms with Gasteiger partial charge < -0.3 is 14.8 Å². The van der Waals surface area contributed by atoms with Gasteiger partial charge in [-0.15, -0.1) is 0 Å². The number of hydrogen-bond donors (Lipinski definition) is 2. The van der Waals surface area contributed by atoms with Crippen LogP contribution < -0.4 is 20.1 Å². The quantitative estimate of drug-likeness (QED) is 0.488. The topological polar surface area (TPSA) is 76.7 Å². The number of rotatable bonds is 5. The lowest BCUT2D eigenvalue weighted by Gasteiger charge is -2.14. The van der Waals surface area contributed by atoms with Crippen molar-refractivity contribution in [3.8, 4) is 11.5 Å². The van der Waals surface area contributed by atoms with E-state index in [0.717, 1.165) is 16.3 Å². The van der Waals surface area contributed by atoms with Gasteiger partial charge in [-0.3, -0.25) is 10.1 Å². The molecule has 7 heteroatoms. The molecule has 146 valence electrons. The number of ether oxygens (including phenoxy) is 2. The van der Waals surface area contributed by atoms with Crippen LogP contribution in [0.5, 0.6) is 11.5 Å². The number of halogens is 1. The minimum Gasteiger partial charge on any atom is -0.493 e. The van der Waals surface area contributed by atoms with Gasteiger partial charge in [-0.1, -0.05) is 48.0 Å². The number of imide groups is 1. The first kappa shape index (κ1) is 18.8. The zero-order chi connectivity index (χ0) is 20.4. The van der Waals surface area contributed by atoms with Gasteiger partial charge >= 0.3 is 6.03 Å². The van der Waals surface area contributed by atoms with Gasteiger partial charge in [0.25, 0.3) is 5.91 Å². The molecule has 3 amide bonds. The van der Waals surface area contributed by atoms with Gasteiger partial charge in [-0.2, -0.15) is 0 Å². The maximum Gasteiger partial charge on any atom is 0.326 e. The first-order chi connectivity index (χ1) is 14.0. The molecule has 0 saturated carbocycles. The number of carbonyl (C=O) groups excluding carboxylic acids is 2. The van der Waals surface area contributed by atoms with Crippen LogP contribution in [0.15, 0.2) is 60.3 Å². The van der Waals surface area contributed by atoms with Crippen molar-refractivity contribution in [1.29, 1.82) is 0 Å². The van der Waals surface area contributed by atoms with E-state index in [2.05, 4.69) is 22.8 Å². The molecule has 1 fully saturated rings. The first-order valence-corrected chi connectivity index (χ1v) is 9.23. The normalized spacial score (nSPS) is 14.8. The summed E-state index contributed by atoms with van der Waals surface area (Å²) < 4.78 is 11.3. The van der Waals surface area contributed by atoms with Crippen molar-refractivity contribution in [1.82, 2.24) is 10.6 Å². The molecule has 2 N–H and O–H groups in total. The highest BCUT2D eigenvalue weighted by Crippen LogP contribution is 2.37. The van der Waals surface area contributed by atoms with Gasteiger partial charge in [-0.05, 0) is 46.2 Å². The molecule has 0 aliphatic carbocycles. The number of nitrogens with one attached hydrogen (secondary N) is 2. The molecule has 0 atom stereocenters. The number of hydrogen-bond acceptors (Lipinski definition) is 4. The second-order valence-electron chi connectivity index (χ2n) is 6.47. The van der Waals surface area contributed by atoms with Crippen molar-refractivity contribution in [2.24, 2.45) is 0 Å². The zero-order valence-corrected chi connectivity index (χ0v) is 16.2. The number of methoxy groups -OCH3 is 1. The molecule has 0 aromatic heterocycles. The van der Waals surface area contributed by atoms with Gasteiger partial charge in [0.2, 0.25) is 0 Å². The Kier molecular flexibility index (Phi) is 5.10. The highest BCUT2D eigenvalue weighted by molar-refractivity contribution is 6.32. The standard InChI is InChI=1S/C22H17ClN2O4/c1-28-19-11-14(10-18-21(26)25-22(27)24-18)9-17(23)20(19)29-12-13-6-7-15-4-2-3-5-16(15)8-13/h2-11H,12H2,1H3,(H2,24,25,26,27)/b18-10+. The fraction of sp³-hybridized carbons (Fsp3) is 0.0909. The molecule has 3 aromatic rings. The van der Waals surface area contributed by atoms with E-state index < -0.39 is 11.9 Å². The largest absolute Gasteiger partial charge is 0.493 e. The SMILES string of the molecule is COc1cc(/C=C2/NC(=O)NC2=O)cc(Cl)c1OCc1ccc2ccccc2c1. The van der Waals surface area contributed by atoms with Crippen LogP contribution in [0.2, 0.25) is 5.02 Å². The molecular weight excluding hydrogens is 392 g/mol. The van der Waals surface area contributed by atoms with Gasteiger partial charge in [0.15, 0.2) is 11.5 Å². The van der Waals surface area contributed by atoms with Crippen LogP contribution in [-0.4, -0.2) is 19.0 Å². The van der Waals surface area contributed by atoms with E-state index in [9.17, 15) is 9.59 Å². The lowest BCUT2D eigenvalue weighted by Crippen LogP contribution is -2.22. The summed E-state index contributed by atoms with van der Waals surface area (Å²) >= 11 is 6.40. The summed E-state index contributed by atoms with van der Waals surface area (Å²) in [7, 11) is 1.51. The van der Waals surface area contributed by atoms with Crippen LogP contribution in [0, 0.1) is 0 Å². The second kappa shape index (κ2) is 7.85. The van der Waals surface area contributed by atoms with E-state index >= 15 is 0 Å². The van der Waals surface area contributed by atoms with E-state index in [-0.39, 0.29) is 5.70 Å². The molecule has 29 heavy (non-hydrogen) atoms. The van der Waals surface area contributed by atoms with E-state index in [4.69, 9.17) is 21.1 Å². The third-order valence-corrected chi connectivity index (χ3v) is 4.76. The molecule has 1 aliphatic rings. The molecule has 3 aromatic carbocycles. The number of carbonyl (C=O) groups is 2. The molecule has 0 unspecified atom stereocenters. The van der Waals surface area contributed by atoms with Crippen molar-refractivity contribution in [2.45, 2.75) is 6.61 Å². The van der Waals surface area contributed by atoms with Crippen LogP contribution in [0.25, 0.3) is 16.8 Å². The number of urea groups is 1. The lowest BCUT2D eigenvalue weighted by molar-refractivity contribution is -0.115. The summed E-state index contributed by atoms with van der Waals surface area (Å²) in [5, 5.41) is 7.20. The summed E-state index contributed by atoms with van der Waals surface area (Å²) in [6, 6.07) is 17.0. The van der Waals surface area contributed by atoms with Crippen LogP contribution >= 0.6 is 11.6 Å².